The second-order valence-corrected chi connectivity index (χ2v) is 5.31. The lowest BCUT2D eigenvalue weighted by Crippen LogP contribution is -1.79. The second-order valence-electron chi connectivity index (χ2n) is 5.31. The maximum atomic E-state index is 12.9. The fraction of sp³-hybridized carbons (Fsp3) is 0.176. The summed E-state index contributed by atoms with van der Waals surface area (Å²) in [5, 5.41) is 1.21. The molecule has 2 heteroatoms. The van der Waals surface area contributed by atoms with Gasteiger partial charge in [0, 0.05) is 16.6 Å². The molecule has 1 nitrogen and oxygen atoms in total. The number of rotatable bonds is 2. The van der Waals surface area contributed by atoms with Gasteiger partial charge >= 0.3 is 0 Å². The molecule has 1 fully saturated rings. The summed E-state index contributed by atoms with van der Waals surface area (Å²) in [6.07, 6.45) is 2.63. The van der Waals surface area contributed by atoms with Gasteiger partial charge in [0.05, 0.1) is 0 Å². The van der Waals surface area contributed by atoms with Gasteiger partial charge in [-0.2, -0.15) is 0 Å². The number of H-pyrrole nitrogens is 1. The van der Waals surface area contributed by atoms with E-state index in [1.165, 1.54) is 41.4 Å². The summed E-state index contributed by atoms with van der Waals surface area (Å²) in [6, 6.07) is 15.4. The quantitative estimate of drug-likeness (QED) is 0.670. The van der Waals surface area contributed by atoms with Crippen LogP contribution in [0.1, 0.15) is 24.3 Å². The second kappa shape index (κ2) is 3.95. The van der Waals surface area contributed by atoms with Gasteiger partial charge in [-0.1, -0.05) is 12.1 Å². The van der Waals surface area contributed by atoms with Crippen LogP contribution in [0.25, 0.3) is 22.2 Å². The smallest absolute Gasteiger partial charge is 0.123 e. The lowest BCUT2D eigenvalue weighted by Gasteiger charge is -1.97. The van der Waals surface area contributed by atoms with E-state index in [-0.39, 0.29) is 5.82 Å². The van der Waals surface area contributed by atoms with E-state index in [9.17, 15) is 4.39 Å². The molecule has 1 aliphatic rings. The van der Waals surface area contributed by atoms with Gasteiger partial charge in [-0.25, -0.2) is 4.39 Å². The van der Waals surface area contributed by atoms with E-state index in [0.717, 1.165) is 17.2 Å². The van der Waals surface area contributed by atoms with Crippen LogP contribution in [0.5, 0.6) is 0 Å². The molecule has 19 heavy (non-hydrogen) atoms. The zero-order chi connectivity index (χ0) is 12.8. The Hall–Kier alpha value is -2.09. The van der Waals surface area contributed by atoms with Gasteiger partial charge in [0.25, 0.3) is 0 Å². The van der Waals surface area contributed by atoms with E-state index >= 15 is 0 Å². The zero-order valence-electron chi connectivity index (χ0n) is 10.5. The van der Waals surface area contributed by atoms with Crippen LogP contribution in [0, 0.1) is 5.82 Å². The predicted molar refractivity (Wildman–Crippen MR) is 75.7 cm³/mol. The lowest BCUT2D eigenvalue weighted by atomic mass is 10.1. The van der Waals surface area contributed by atoms with Crippen molar-refractivity contribution in [2.24, 2.45) is 0 Å². The number of aromatic amines is 1. The summed E-state index contributed by atoms with van der Waals surface area (Å²) in [6.45, 7) is 0. The van der Waals surface area contributed by atoms with Crippen molar-refractivity contribution >= 4 is 10.9 Å². The number of nitrogens with one attached hydrogen (secondary N) is 1. The number of hydrogen-bond acceptors (Lipinski definition) is 0. The van der Waals surface area contributed by atoms with Crippen molar-refractivity contribution in [2.75, 3.05) is 0 Å². The minimum atomic E-state index is -0.198. The third kappa shape index (κ3) is 1.93. The van der Waals surface area contributed by atoms with Crippen molar-refractivity contribution in [2.45, 2.75) is 18.8 Å². The maximum absolute atomic E-state index is 12.9. The van der Waals surface area contributed by atoms with Gasteiger partial charge in [-0.15, -0.1) is 0 Å². The average molecular weight is 251 g/mol. The predicted octanol–water partition coefficient (Wildman–Crippen LogP) is 4.85. The van der Waals surface area contributed by atoms with Gasteiger partial charge < -0.3 is 4.98 Å². The van der Waals surface area contributed by atoms with Crippen molar-refractivity contribution in [3.63, 3.8) is 0 Å². The highest BCUT2D eigenvalue weighted by Gasteiger charge is 2.23. The van der Waals surface area contributed by atoms with E-state index in [1.807, 2.05) is 12.1 Å². The molecule has 0 spiro atoms. The Balaban J connectivity index is 1.80. The molecule has 0 unspecified atom stereocenters. The highest BCUT2D eigenvalue weighted by atomic mass is 19.1. The summed E-state index contributed by atoms with van der Waals surface area (Å²) in [5.41, 5.74) is 4.66. The summed E-state index contributed by atoms with van der Waals surface area (Å²) in [7, 11) is 0. The number of hydrogen-bond donors (Lipinski definition) is 1. The molecule has 0 aliphatic heterocycles. The lowest BCUT2D eigenvalue weighted by molar-refractivity contribution is 0.628. The molecule has 3 aromatic rings. The van der Waals surface area contributed by atoms with Crippen LogP contribution >= 0.6 is 0 Å². The van der Waals surface area contributed by atoms with Gasteiger partial charge in [0.1, 0.15) is 5.82 Å². The van der Waals surface area contributed by atoms with E-state index in [1.54, 1.807) is 0 Å². The number of aromatic nitrogens is 1. The molecule has 0 atom stereocenters. The molecule has 0 bridgehead atoms. The first-order chi connectivity index (χ1) is 9.29. The van der Waals surface area contributed by atoms with Crippen molar-refractivity contribution in [3.8, 4) is 11.3 Å². The molecule has 1 N–H and O–H groups in total. The first kappa shape index (κ1) is 10.8. The molecule has 4 rings (SSSR count). The Morgan fingerprint density at radius 1 is 0.947 bits per heavy atom. The summed E-state index contributed by atoms with van der Waals surface area (Å²) < 4.78 is 12.9. The normalized spacial score (nSPS) is 15.0. The van der Waals surface area contributed by atoms with Gasteiger partial charge in [-0.3, -0.25) is 0 Å². The molecule has 2 aromatic carbocycles. The molecule has 0 saturated heterocycles. The average Bonchev–Trinajstić information content (AvgIpc) is 3.18. The minimum Gasteiger partial charge on any atom is -0.355 e. The van der Waals surface area contributed by atoms with E-state index in [4.69, 9.17) is 0 Å². The Morgan fingerprint density at radius 3 is 2.47 bits per heavy atom. The minimum absolute atomic E-state index is 0.198. The first-order valence-electron chi connectivity index (χ1n) is 6.68. The fourth-order valence-corrected chi connectivity index (χ4v) is 2.60. The molecular weight excluding hydrogens is 237 g/mol. The monoisotopic (exact) mass is 251 g/mol. The van der Waals surface area contributed by atoms with E-state index in [0.29, 0.717) is 0 Å². The molecule has 1 aromatic heterocycles. The maximum Gasteiger partial charge on any atom is 0.123 e. The highest BCUT2D eigenvalue weighted by Crippen LogP contribution is 2.41. The van der Waals surface area contributed by atoms with Crippen LogP contribution < -0.4 is 0 Å². The first-order valence-corrected chi connectivity index (χ1v) is 6.68. The van der Waals surface area contributed by atoms with E-state index < -0.39 is 0 Å². The van der Waals surface area contributed by atoms with Crippen molar-refractivity contribution in [1.82, 2.24) is 4.98 Å². The molecule has 1 heterocycles. The third-order valence-corrected chi connectivity index (χ3v) is 3.85. The highest BCUT2D eigenvalue weighted by molar-refractivity contribution is 5.86. The molecule has 1 saturated carbocycles. The number of fused-ring (bicyclic) bond motifs is 1. The number of halogens is 1. The van der Waals surface area contributed by atoms with Crippen LogP contribution in [-0.4, -0.2) is 4.98 Å². The summed E-state index contributed by atoms with van der Waals surface area (Å²) in [4.78, 5) is 3.43. The zero-order valence-corrected chi connectivity index (χ0v) is 10.5. The molecule has 0 radical (unpaired) electrons. The van der Waals surface area contributed by atoms with Crippen LogP contribution in [0.4, 0.5) is 4.39 Å². The molecular formula is C17H14FN. The SMILES string of the molecule is Fc1ccc(-c2cc3ccc(C4CC4)cc3[nH]2)cc1. The summed E-state index contributed by atoms with van der Waals surface area (Å²) >= 11 is 0. The Bertz CT molecular complexity index is 736. The van der Waals surface area contributed by atoms with Crippen LogP contribution in [-0.2, 0) is 0 Å². The van der Waals surface area contributed by atoms with Crippen LogP contribution in [0.2, 0.25) is 0 Å². The molecule has 1 aliphatic carbocycles. The van der Waals surface area contributed by atoms with Crippen molar-refractivity contribution in [1.29, 1.82) is 0 Å². The van der Waals surface area contributed by atoms with Crippen molar-refractivity contribution in [3.05, 3.63) is 59.9 Å². The largest absolute Gasteiger partial charge is 0.355 e. The van der Waals surface area contributed by atoms with Gasteiger partial charge in [0.15, 0.2) is 0 Å². The topological polar surface area (TPSA) is 15.8 Å². The van der Waals surface area contributed by atoms with Gasteiger partial charge in [0.2, 0.25) is 0 Å². The van der Waals surface area contributed by atoms with Crippen molar-refractivity contribution < 1.29 is 4.39 Å². The molecule has 0 amide bonds. The number of benzene rings is 2. The summed E-state index contributed by atoms with van der Waals surface area (Å²) in [5.74, 6) is 0.567. The Labute approximate surface area is 111 Å². The Kier molecular flexibility index (Phi) is 2.25. The third-order valence-electron chi connectivity index (χ3n) is 3.85. The van der Waals surface area contributed by atoms with Crippen LogP contribution in [0.3, 0.4) is 0 Å². The van der Waals surface area contributed by atoms with Crippen LogP contribution in [0.15, 0.2) is 48.5 Å². The standard InChI is InChI=1S/C17H14FN/c18-15-7-5-12(6-8-15)16-10-14-4-3-13(11-1-2-11)9-17(14)19-16/h3-11,19H,1-2H2. The van der Waals surface area contributed by atoms with E-state index in [2.05, 4.69) is 29.2 Å². The van der Waals surface area contributed by atoms with Gasteiger partial charge in [-0.05, 0) is 66.3 Å². The fourth-order valence-electron chi connectivity index (χ4n) is 2.60. The molecule has 94 valence electrons. The Morgan fingerprint density at radius 2 is 1.74 bits per heavy atom.